The second kappa shape index (κ2) is 11.1. The molecule has 0 saturated heterocycles. The van der Waals surface area contributed by atoms with Crippen LogP contribution >= 0.6 is 0 Å². The highest BCUT2D eigenvalue weighted by molar-refractivity contribution is 6.40. The lowest BCUT2D eigenvalue weighted by Gasteiger charge is -2.12. The SMILES string of the molecule is CC(C)OCCCNC(=O)C(=O)Nc1ccccc1C(=O)NCc1ccc2c(c1)OCO2. The summed E-state index contributed by atoms with van der Waals surface area (Å²) in [6, 6.07) is 11.9. The molecule has 0 spiro atoms. The predicted octanol–water partition coefficient (Wildman–Crippen LogP) is 2.22. The summed E-state index contributed by atoms with van der Waals surface area (Å²) < 4.78 is 16.0. The Hall–Kier alpha value is -3.59. The number of benzene rings is 2. The summed E-state index contributed by atoms with van der Waals surface area (Å²) in [5.41, 5.74) is 1.34. The summed E-state index contributed by atoms with van der Waals surface area (Å²) in [4.78, 5) is 37.0. The van der Waals surface area contributed by atoms with Crippen molar-refractivity contribution in [2.45, 2.75) is 32.9 Å². The maximum absolute atomic E-state index is 12.7. The summed E-state index contributed by atoms with van der Waals surface area (Å²) in [5.74, 6) is -0.703. The van der Waals surface area contributed by atoms with Gasteiger partial charge in [0.2, 0.25) is 6.79 Å². The summed E-state index contributed by atoms with van der Waals surface area (Å²) in [7, 11) is 0. The Kier molecular flexibility index (Phi) is 8.04. The number of para-hydroxylation sites is 1. The van der Waals surface area contributed by atoms with Gasteiger partial charge in [0.05, 0.1) is 17.4 Å². The van der Waals surface area contributed by atoms with E-state index in [0.717, 1.165) is 5.56 Å². The van der Waals surface area contributed by atoms with Gasteiger partial charge in [-0.1, -0.05) is 18.2 Å². The van der Waals surface area contributed by atoms with Gasteiger partial charge in [-0.05, 0) is 50.1 Å². The molecule has 1 aliphatic heterocycles. The zero-order valence-electron chi connectivity index (χ0n) is 18.1. The van der Waals surface area contributed by atoms with Crippen LogP contribution in [0.25, 0.3) is 0 Å². The second-order valence-electron chi connectivity index (χ2n) is 7.40. The minimum absolute atomic E-state index is 0.113. The van der Waals surface area contributed by atoms with E-state index in [1.165, 1.54) is 0 Å². The first-order valence-corrected chi connectivity index (χ1v) is 10.4. The van der Waals surface area contributed by atoms with Crippen molar-refractivity contribution in [2.75, 3.05) is 25.3 Å². The second-order valence-corrected chi connectivity index (χ2v) is 7.40. The van der Waals surface area contributed by atoms with E-state index < -0.39 is 11.8 Å². The Balaban J connectivity index is 1.52. The average Bonchev–Trinajstić information content (AvgIpc) is 3.25. The Morgan fingerprint density at radius 1 is 1.00 bits per heavy atom. The Morgan fingerprint density at radius 2 is 1.78 bits per heavy atom. The van der Waals surface area contributed by atoms with Gasteiger partial charge in [0.1, 0.15) is 0 Å². The smallest absolute Gasteiger partial charge is 0.313 e. The number of hydrogen-bond acceptors (Lipinski definition) is 6. The molecule has 3 rings (SSSR count). The van der Waals surface area contributed by atoms with E-state index in [9.17, 15) is 14.4 Å². The Labute approximate surface area is 186 Å². The van der Waals surface area contributed by atoms with Crippen LogP contribution in [0.5, 0.6) is 11.5 Å². The first-order valence-electron chi connectivity index (χ1n) is 10.4. The molecule has 9 nitrogen and oxygen atoms in total. The number of carbonyl (C=O) groups excluding carboxylic acids is 3. The van der Waals surface area contributed by atoms with Crippen molar-refractivity contribution < 1.29 is 28.6 Å². The number of anilines is 1. The van der Waals surface area contributed by atoms with Crippen LogP contribution in [0.1, 0.15) is 36.2 Å². The van der Waals surface area contributed by atoms with Crippen LogP contribution in [0.15, 0.2) is 42.5 Å². The van der Waals surface area contributed by atoms with Crippen LogP contribution in [0.2, 0.25) is 0 Å². The molecule has 1 heterocycles. The molecule has 0 saturated carbocycles. The molecular formula is C23H27N3O6. The number of nitrogens with one attached hydrogen (secondary N) is 3. The maximum atomic E-state index is 12.7. The number of rotatable bonds is 9. The van der Waals surface area contributed by atoms with Gasteiger partial charge >= 0.3 is 11.8 Å². The molecule has 0 atom stereocenters. The van der Waals surface area contributed by atoms with Crippen molar-refractivity contribution in [3.8, 4) is 11.5 Å². The standard InChI is InChI=1S/C23H27N3O6/c1-15(2)30-11-5-10-24-22(28)23(29)26-18-7-4-3-6-17(18)21(27)25-13-16-8-9-19-20(12-16)32-14-31-19/h3-4,6-9,12,15H,5,10-11,13-14H2,1-2H3,(H,24,28)(H,25,27)(H,26,29). The summed E-state index contributed by atoms with van der Waals surface area (Å²) in [6.07, 6.45) is 0.706. The Bertz CT molecular complexity index is 976. The van der Waals surface area contributed by atoms with E-state index in [0.29, 0.717) is 31.1 Å². The molecule has 3 N–H and O–H groups in total. The highest BCUT2D eigenvalue weighted by Gasteiger charge is 2.18. The maximum Gasteiger partial charge on any atom is 0.313 e. The lowest BCUT2D eigenvalue weighted by atomic mass is 10.1. The van der Waals surface area contributed by atoms with Crippen LogP contribution in [0, 0.1) is 0 Å². The van der Waals surface area contributed by atoms with Gasteiger partial charge in [-0.15, -0.1) is 0 Å². The van der Waals surface area contributed by atoms with Gasteiger partial charge < -0.3 is 30.2 Å². The first-order chi connectivity index (χ1) is 15.4. The molecule has 2 aromatic carbocycles. The van der Waals surface area contributed by atoms with E-state index in [2.05, 4.69) is 16.0 Å². The minimum atomic E-state index is -0.842. The minimum Gasteiger partial charge on any atom is -0.454 e. The largest absolute Gasteiger partial charge is 0.454 e. The number of carbonyl (C=O) groups is 3. The third-order valence-corrected chi connectivity index (χ3v) is 4.57. The number of ether oxygens (including phenoxy) is 3. The van der Waals surface area contributed by atoms with Crippen molar-refractivity contribution in [3.63, 3.8) is 0 Å². The predicted molar refractivity (Wildman–Crippen MR) is 118 cm³/mol. The topological polar surface area (TPSA) is 115 Å². The van der Waals surface area contributed by atoms with Gasteiger partial charge in [-0.2, -0.15) is 0 Å². The zero-order chi connectivity index (χ0) is 22.9. The van der Waals surface area contributed by atoms with Crippen LogP contribution in [-0.4, -0.2) is 43.8 Å². The van der Waals surface area contributed by atoms with E-state index in [-0.39, 0.29) is 36.6 Å². The van der Waals surface area contributed by atoms with Gasteiger partial charge in [-0.3, -0.25) is 14.4 Å². The molecule has 32 heavy (non-hydrogen) atoms. The molecule has 2 aromatic rings. The molecular weight excluding hydrogens is 414 g/mol. The number of amides is 3. The first kappa shape index (κ1) is 23.1. The molecule has 0 aromatic heterocycles. The monoisotopic (exact) mass is 441 g/mol. The zero-order valence-corrected chi connectivity index (χ0v) is 18.1. The van der Waals surface area contributed by atoms with Gasteiger partial charge in [-0.25, -0.2) is 0 Å². The molecule has 3 amide bonds. The molecule has 0 bridgehead atoms. The van der Waals surface area contributed by atoms with Crippen molar-refractivity contribution in [1.82, 2.24) is 10.6 Å². The summed E-state index contributed by atoms with van der Waals surface area (Å²) in [5, 5.41) is 7.85. The quantitative estimate of drug-likeness (QED) is 0.406. The third kappa shape index (κ3) is 6.45. The van der Waals surface area contributed by atoms with Gasteiger partial charge in [0, 0.05) is 19.7 Å². The fourth-order valence-corrected chi connectivity index (χ4v) is 2.97. The van der Waals surface area contributed by atoms with Crippen molar-refractivity contribution >= 4 is 23.4 Å². The highest BCUT2D eigenvalue weighted by Crippen LogP contribution is 2.32. The van der Waals surface area contributed by atoms with Crippen molar-refractivity contribution in [3.05, 3.63) is 53.6 Å². The lowest BCUT2D eigenvalue weighted by molar-refractivity contribution is -0.136. The van der Waals surface area contributed by atoms with Crippen molar-refractivity contribution in [1.29, 1.82) is 0 Å². The van der Waals surface area contributed by atoms with E-state index in [4.69, 9.17) is 14.2 Å². The van der Waals surface area contributed by atoms with Crippen LogP contribution < -0.4 is 25.4 Å². The number of fused-ring (bicyclic) bond motifs is 1. The average molecular weight is 441 g/mol. The normalized spacial score (nSPS) is 11.8. The molecule has 9 heteroatoms. The van der Waals surface area contributed by atoms with Crippen LogP contribution in [0.4, 0.5) is 5.69 Å². The fraction of sp³-hybridized carbons (Fsp3) is 0.348. The van der Waals surface area contributed by atoms with E-state index >= 15 is 0 Å². The van der Waals surface area contributed by atoms with E-state index in [1.807, 2.05) is 19.9 Å². The molecule has 170 valence electrons. The fourth-order valence-electron chi connectivity index (χ4n) is 2.97. The Morgan fingerprint density at radius 3 is 2.59 bits per heavy atom. The van der Waals surface area contributed by atoms with E-state index in [1.54, 1.807) is 36.4 Å². The van der Waals surface area contributed by atoms with Crippen LogP contribution in [0.3, 0.4) is 0 Å². The van der Waals surface area contributed by atoms with Gasteiger partial charge in [0.15, 0.2) is 11.5 Å². The third-order valence-electron chi connectivity index (χ3n) is 4.57. The molecule has 0 radical (unpaired) electrons. The van der Waals surface area contributed by atoms with Crippen LogP contribution in [-0.2, 0) is 20.9 Å². The highest BCUT2D eigenvalue weighted by atomic mass is 16.7. The number of hydrogen-bond donors (Lipinski definition) is 3. The molecule has 0 aliphatic carbocycles. The molecule has 0 unspecified atom stereocenters. The summed E-state index contributed by atoms with van der Waals surface area (Å²) in [6.45, 7) is 5.10. The molecule has 0 fully saturated rings. The van der Waals surface area contributed by atoms with Crippen molar-refractivity contribution in [2.24, 2.45) is 0 Å². The summed E-state index contributed by atoms with van der Waals surface area (Å²) >= 11 is 0. The van der Waals surface area contributed by atoms with Gasteiger partial charge in [0.25, 0.3) is 5.91 Å². The lowest BCUT2D eigenvalue weighted by Crippen LogP contribution is -2.36. The molecule has 1 aliphatic rings.